The second-order valence-electron chi connectivity index (χ2n) is 9.84. The molecule has 2 saturated carbocycles. The first-order valence-corrected chi connectivity index (χ1v) is 11.1. The minimum absolute atomic E-state index is 0.177. The van der Waals surface area contributed by atoms with Gasteiger partial charge in [0.15, 0.2) is 5.78 Å². The first-order valence-electron chi connectivity index (χ1n) is 11.1. The van der Waals surface area contributed by atoms with Gasteiger partial charge in [0.2, 0.25) is 0 Å². The standard InChI is InChI=1S/C25H34O3/c1-4-28-23(27)7-5-6-17-9-11-21-20-10-8-18-16-19(26)12-14-25(18,3)22(20)13-15-24(17,21)2/h5,7-8,10,16-17,20-22H,4,6,9,11-15H2,1-3H3/b7-5+/t17-,20?,21?,22?,24+,25-/m0/s1. The van der Waals surface area contributed by atoms with Crippen LogP contribution in [0.3, 0.4) is 0 Å². The number of fused-ring (bicyclic) bond motifs is 5. The molecule has 152 valence electrons. The Labute approximate surface area is 169 Å². The molecule has 0 saturated heterocycles. The Bertz CT molecular complexity index is 745. The molecule has 2 fully saturated rings. The Balaban J connectivity index is 1.52. The van der Waals surface area contributed by atoms with Crippen molar-refractivity contribution in [3.63, 3.8) is 0 Å². The molecular weight excluding hydrogens is 348 g/mol. The van der Waals surface area contributed by atoms with Gasteiger partial charge in [0.05, 0.1) is 6.61 Å². The maximum Gasteiger partial charge on any atom is 0.330 e. The van der Waals surface area contributed by atoms with Gasteiger partial charge in [-0.1, -0.05) is 32.1 Å². The number of carbonyl (C=O) groups excluding carboxylic acids is 2. The lowest BCUT2D eigenvalue weighted by atomic mass is 9.48. The third-order valence-corrected chi connectivity index (χ3v) is 8.67. The largest absolute Gasteiger partial charge is 0.463 e. The Kier molecular flexibility index (Phi) is 5.14. The van der Waals surface area contributed by atoms with Crippen molar-refractivity contribution >= 4 is 11.8 Å². The molecule has 0 spiro atoms. The molecule has 0 aromatic rings. The molecule has 4 rings (SSSR count). The van der Waals surface area contributed by atoms with Gasteiger partial charge in [0, 0.05) is 12.5 Å². The van der Waals surface area contributed by atoms with E-state index in [0.29, 0.717) is 42.0 Å². The van der Waals surface area contributed by atoms with Gasteiger partial charge in [-0.2, -0.15) is 0 Å². The van der Waals surface area contributed by atoms with Crippen molar-refractivity contribution in [1.82, 2.24) is 0 Å². The molecule has 6 atom stereocenters. The Morgan fingerprint density at radius 2 is 2.04 bits per heavy atom. The van der Waals surface area contributed by atoms with Crippen molar-refractivity contribution in [2.45, 2.75) is 65.7 Å². The van der Waals surface area contributed by atoms with E-state index >= 15 is 0 Å². The van der Waals surface area contributed by atoms with Crippen LogP contribution >= 0.6 is 0 Å². The lowest BCUT2D eigenvalue weighted by Crippen LogP contribution is -2.48. The summed E-state index contributed by atoms with van der Waals surface area (Å²) in [5, 5.41) is 0. The quantitative estimate of drug-likeness (QED) is 0.482. The van der Waals surface area contributed by atoms with Gasteiger partial charge in [-0.3, -0.25) is 4.79 Å². The lowest BCUT2D eigenvalue weighted by molar-refractivity contribution is -0.137. The summed E-state index contributed by atoms with van der Waals surface area (Å²) in [6.45, 7) is 7.18. The van der Waals surface area contributed by atoms with E-state index in [9.17, 15) is 9.59 Å². The Morgan fingerprint density at radius 3 is 2.82 bits per heavy atom. The molecule has 0 amide bonds. The van der Waals surface area contributed by atoms with Crippen LogP contribution in [-0.4, -0.2) is 18.4 Å². The number of rotatable bonds is 4. The Morgan fingerprint density at radius 1 is 1.21 bits per heavy atom. The van der Waals surface area contributed by atoms with Gasteiger partial charge in [-0.05, 0) is 91.6 Å². The summed E-state index contributed by atoms with van der Waals surface area (Å²) in [4.78, 5) is 23.5. The summed E-state index contributed by atoms with van der Waals surface area (Å²) in [6.07, 6.45) is 18.0. The zero-order valence-electron chi connectivity index (χ0n) is 17.6. The molecule has 3 nitrogen and oxygen atoms in total. The van der Waals surface area contributed by atoms with Gasteiger partial charge < -0.3 is 4.74 Å². The molecule has 0 aromatic carbocycles. The van der Waals surface area contributed by atoms with Crippen LogP contribution in [0.25, 0.3) is 0 Å². The predicted molar refractivity (Wildman–Crippen MR) is 110 cm³/mol. The third-order valence-electron chi connectivity index (χ3n) is 8.67. The van der Waals surface area contributed by atoms with Crippen molar-refractivity contribution in [3.05, 3.63) is 36.0 Å². The van der Waals surface area contributed by atoms with Crippen LogP contribution in [0.1, 0.15) is 65.7 Å². The van der Waals surface area contributed by atoms with E-state index in [0.717, 1.165) is 18.8 Å². The normalized spacial score (nSPS) is 42.0. The molecule has 0 aliphatic heterocycles. The zero-order chi connectivity index (χ0) is 19.9. The van der Waals surface area contributed by atoms with Crippen LogP contribution < -0.4 is 0 Å². The van der Waals surface area contributed by atoms with E-state index in [1.54, 1.807) is 6.08 Å². The minimum atomic E-state index is -0.222. The Hall–Kier alpha value is -1.64. The highest BCUT2D eigenvalue weighted by atomic mass is 16.5. The predicted octanol–water partition coefficient (Wildman–Crippen LogP) is 5.42. The molecule has 3 heteroatoms. The number of ketones is 1. The van der Waals surface area contributed by atoms with Gasteiger partial charge in [0.1, 0.15) is 0 Å². The van der Waals surface area contributed by atoms with Crippen LogP contribution in [0.5, 0.6) is 0 Å². The van der Waals surface area contributed by atoms with Crippen molar-refractivity contribution < 1.29 is 14.3 Å². The van der Waals surface area contributed by atoms with Crippen LogP contribution in [0.15, 0.2) is 36.0 Å². The van der Waals surface area contributed by atoms with Crippen molar-refractivity contribution in [2.75, 3.05) is 6.61 Å². The monoisotopic (exact) mass is 382 g/mol. The van der Waals surface area contributed by atoms with E-state index in [2.05, 4.69) is 26.0 Å². The van der Waals surface area contributed by atoms with Gasteiger partial charge in [-0.15, -0.1) is 0 Å². The highest BCUT2D eigenvalue weighted by Gasteiger charge is 2.57. The summed E-state index contributed by atoms with van der Waals surface area (Å²) in [7, 11) is 0. The van der Waals surface area contributed by atoms with E-state index < -0.39 is 0 Å². The molecule has 3 unspecified atom stereocenters. The zero-order valence-corrected chi connectivity index (χ0v) is 17.6. The highest BCUT2D eigenvalue weighted by molar-refractivity contribution is 5.92. The number of allylic oxidation sites excluding steroid dienone is 5. The fourth-order valence-corrected chi connectivity index (χ4v) is 7.01. The van der Waals surface area contributed by atoms with E-state index in [1.165, 1.54) is 31.3 Å². The molecule has 28 heavy (non-hydrogen) atoms. The second-order valence-corrected chi connectivity index (χ2v) is 9.84. The average molecular weight is 383 g/mol. The molecule has 0 N–H and O–H groups in total. The molecule has 0 aromatic heterocycles. The number of carbonyl (C=O) groups is 2. The highest BCUT2D eigenvalue weighted by Crippen LogP contribution is 2.65. The van der Waals surface area contributed by atoms with Crippen LogP contribution in [0.4, 0.5) is 0 Å². The topological polar surface area (TPSA) is 43.4 Å². The number of ether oxygens (including phenoxy) is 1. The van der Waals surface area contributed by atoms with E-state index in [4.69, 9.17) is 4.74 Å². The molecule has 0 heterocycles. The number of esters is 1. The summed E-state index contributed by atoms with van der Waals surface area (Å²) < 4.78 is 5.01. The fraction of sp³-hybridized carbons (Fsp3) is 0.680. The minimum Gasteiger partial charge on any atom is -0.463 e. The molecule has 0 radical (unpaired) electrons. The maximum absolute atomic E-state index is 11.9. The summed E-state index contributed by atoms with van der Waals surface area (Å²) in [5.74, 6) is 2.75. The molecule has 4 aliphatic rings. The van der Waals surface area contributed by atoms with Gasteiger partial charge in [0.25, 0.3) is 0 Å². The summed E-state index contributed by atoms with van der Waals surface area (Å²) >= 11 is 0. The second kappa shape index (κ2) is 7.31. The summed E-state index contributed by atoms with van der Waals surface area (Å²) in [5.41, 5.74) is 1.81. The SMILES string of the molecule is CCOC(=O)/C=C/C[C@H]1CCC2C3C=CC4=CC(=O)CC[C@]4(C)C3CC[C@@]21C. The van der Waals surface area contributed by atoms with E-state index in [1.807, 2.05) is 19.1 Å². The van der Waals surface area contributed by atoms with Crippen LogP contribution in [-0.2, 0) is 14.3 Å². The van der Waals surface area contributed by atoms with Gasteiger partial charge >= 0.3 is 5.97 Å². The van der Waals surface area contributed by atoms with Crippen LogP contribution in [0.2, 0.25) is 0 Å². The third kappa shape index (κ3) is 3.11. The molecular formula is C25H34O3. The summed E-state index contributed by atoms with van der Waals surface area (Å²) in [6, 6.07) is 0. The first kappa shape index (κ1) is 19.7. The van der Waals surface area contributed by atoms with Crippen molar-refractivity contribution in [3.8, 4) is 0 Å². The molecule has 4 aliphatic carbocycles. The number of hydrogen-bond acceptors (Lipinski definition) is 3. The molecule has 0 bridgehead atoms. The van der Waals surface area contributed by atoms with Crippen LogP contribution in [0, 0.1) is 34.5 Å². The average Bonchev–Trinajstić information content (AvgIpc) is 2.99. The number of hydrogen-bond donors (Lipinski definition) is 0. The van der Waals surface area contributed by atoms with E-state index in [-0.39, 0.29) is 11.4 Å². The van der Waals surface area contributed by atoms with Crippen molar-refractivity contribution in [2.24, 2.45) is 34.5 Å². The lowest BCUT2D eigenvalue weighted by Gasteiger charge is -2.56. The van der Waals surface area contributed by atoms with Gasteiger partial charge in [-0.25, -0.2) is 4.79 Å². The fourth-order valence-electron chi connectivity index (χ4n) is 7.01. The van der Waals surface area contributed by atoms with Crippen molar-refractivity contribution in [1.29, 1.82) is 0 Å². The smallest absolute Gasteiger partial charge is 0.330 e. The first-order chi connectivity index (χ1) is 13.4. The maximum atomic E-state index is 11.9.